The molecule has 0 bridgehead atoms. The van der Waals surface area contributed by atoms with Gasteiger partial charge < -0.3 is 5.32 Å². The number of fused-ring (bicyclic) bond motifs is 1. The first-order valence-electron chi connectivity index (χ1n) is 9.88. The lowest BCUT2D eigenvalue weighted by Gasteiger charge is -2.14. The number of benzene rings is 2. The molecular weight excluding hydrogens is 398 g/mol. The molecular formula is C22H25N5O2S. The minimum atomic E-state index is -0.477. The van der Waals surface area contributed by atoms with E-state index in [1.165, 1.54) is 10.2 Å². The molecule has 0 fully saturated rings. The summed E-state index contributed by atoms with van der Waals surface area (Å²) in [6.07, 6.45) is 0.730. The van der Waals surface area contributed by atoms with Crippen molar-refractivity contribution in [1.82, 2.24) is 20.6 Å². The molecule has 0 saturated heterocycles. The second-order valence-corrected chi connectivity index (χ2v) is 7.64. The Kier molecular flexibility index (Phi) is 6.79. The third-order valence-corrected chi connectivity index (χ3v) is 4.85. The largest absolute Gasteiger partial charge is 0.331 e. The van der Waals surface area contributed by atoms with Crippen LogP contribution in [0.5, 0.6) is 0 Å². The minimum absolute atomic E-state index is 0.162. The lowest BCUT2D eigenvalue weighted by Crippen LogP contribution is -2.44. The summed E-state index contributed by atoms with van der Waals surface area (Å²) in [6.45, 7) is 6.64. The number of hydrogen-bond acceptors (Lipinski definition) is 4. The predicted molar refractivity (Wildman–Crippen MR) is 124 cm³/mol. The fourth-order valence-corrected chi connectivity index (χ4v) is 3.22. The van der Waals surface area contributed by atoms with E-state index >= 15 is 0 Å². The standard InChI is InChI=1S/C22H25N5O2S/c1-4-13-27-21(29)18-8-6-5-7-17(18)19(26-27)20(28)24-25-22(30)23-16-11-9-15(10-12-16)14(2)3/h5-12,14H,4,13H2,1-3H3,(H,24,28)(H2,23,25,30). The van der Waals surface area contributed by atoms with Gasteiger partial charge in [-0.3, -0.25) is 20.4 Å². The molecule has 0 aliphatic carbocycles. The number of hydrogen-bond donors (Lipinski definition) is 3. The van der Waals surface area contributed by atoms with Gasteiger partial charge in [0.1, 0.15) is 0 Å². The van der Waals surface area contributed by atoms with Crippen LogP contribution in [0.25, 0.3) is 10.8 Å². The second kappa shape index (κ2) is 9.49. The molecule has 1 amide bonds. The van der Waals surface area contributed by atoms with Gasteiger partial charge in [0.05, 0.1) is 5.39 Å². The molecule has 3 aromatic rings. The molecule has 0 unspecified atom stereocenters. The van der Waals surface area contributed by atoms with Crippen molar-refractivity contribution >= 4 is 39.7 Å². The molecule has 7 nitrogen and oxygen atoms in total. The van der Waals surface area contributed by atoms with Crippen molar-refractivity contribution < 1.29 is 4.79 Å². The molecule has 3 rings (SSSR count). The highest BCUT2D eigenvalue weighted by atomic mass is 32.1. The van der Waals surface area contributed by atoms with Crippen molar-refractivity contribution in [3.63, 3.8) is 0 Å². The molecule has 156 valence electrons. The number of thiocarbonyl (C=S) groups is 1. The van der Waals surface area contributed by atoms with Crippen LogP contribution in [-0.4, -0.2) is 20.8 Å². The van der Waals surface area contributed by atoms with E-state index in [0.29, 0.717) is 23.2 Å². The van der Waals surface area contributed by atoms with Crippen LogP contribution in [0.1, 0.15) is 49.2 Å². The summed E-state index contributed by atoms with van der Waals surface area (Å²) in [5, 5.41) is 8.49. The van der Waals surface area contributed by atoms with E-state index in [1.54, 1.807) is 24.3 Å². The lowest BCUT2D eigenvalue weighted by molar-refractivity contribution is 0.0938. The van der Waals surface area contributed by atoms with E-state index in [4.69, 9.17) is 12.2 Å². The maximum absolute atomic E-state index is 12.8. The zero-order valence-corrected chi connectivity index (χ0v) is 18.0. The number of amides is 1. The number of hydrazine groups is 1. The zero-order chi connectivity index (χ0) is 21.7. The number of carbonyl (C=O) groups is 1. The Balaban J connectivity index is 1.73. The molecule has 2 aromatic carbocycles. The molecule has 30 heavy (non-hydrogen) atoms. The van der Waals surface area contributed by atoms with Crippen molar-refractivity contribution in [1.29, 1.82) is 0 Å². The molecule has 0 spiro atoms. The smallest absolute Gasteiger partial charge is 0.290 e. The first kappa shape index (κ1) is 21.4. The molecule has 0 radical (unpaired) electrons. The van der Waals surface area contributed by atoms with E-state index in [1.807, 2.05) is 31.2 Å². The van der Waals surface area contributed by atoms with E-state index in [2.05, 4.69) is 35.1 Å². The summed E-state index contributed by atoms with van der Waals surface area (Å²) in [7, 11) is 0. The van der Waals surface area contributed by atoms with E-state index < -0.39 is 5.91 Å². The molecule has 1 heterocycles. The summed E-state index contributed by atoms with van der Waals surface area (Å²) >= 11 is 5.26. The molecule has 1 aromatic heterocycles. The third-order valence-electron chi connectivity index (χ3n) is 4.64. The number of nitrogens with one attached hydrogen (secondary N) is 3. The summed E-state index contributed by atoms with van der Waals surface area (Å²) < 4.78 is 1.32. The Morgan fingerprint density at radius 2 is 1.73 bits per heavy atom. The minimum Gasteiger partial charge on any atom is -0.331 e. The Hall–Kier alpha value is -3.26. The molecule has 0 saturated carbocycles. The molecule has 0 aliphatic heterocycles. The summed E-state index contributed by atoms with van der Waals surface area (Å²) in [6, 6.07) is 14.9. The summed E-state index contributed by atoms with van der Waals surface area (Å²) in [5.74, 6) is -0.0305. The van der Waals surface area contributed by atoms with Gasteiger partial charge in [0.2, 0.25) is 0 Å². The maximum atomic E-state index is 12.8. The zero-order valence-electron chi connectivity index (χ0n) is 17.2. The first-order chi connectivity index (χ1) is 14.4. The topological polar surface area (TPSA) is 88.1 Å². The van der Waals surface area contributed by atoms with E-state index in [9.17, 15) is 9.59 Å². The van der Waals surface area contributed by atoms with Crippen LogP contribution in [0, 0.1) is 0 Å². The molecule has 0 aliphatic rings. The monoisotopic (exact) mass is 423 g/mol. The van der Waals surface area contributed by atoms with Gasteiger partial charge in [-0.25, -0.2) is 4.68 Å². The van der Waals surface area contributed by atoms with Crippen LogP contribution in [0.3, 0.4) is 0 Å². The van der Waals surface area contributed by atoms with Gasteiger partial charge >= 0.3 is 0 Å². The van der Waals surface area contributed by atoms with Crippen molar-refractivity contribution in [3.05, 3.63) is 70.1 Å². The predicted octanol–water partition coefficient (Wildman–Crippen LogP) is 3.56. The van der Waals surface area contributed by atoms with Crippen molar-refractivity contribution in [3.8, 4) is 0 Å². The van der Waals surface area contributed by atoms with Gasteiger partial charge in [0.25, 0.3) is 11.5 Å². The number of anilines is 1. The molecule has 8 heteroatoms. The van der Waals surface area contributed by atoms with Gasteiger partial charge in [0.15, 0.2) is 10.8 Å². The number of aryl methyl sites for hydroxylation is 1. The Labute approximate surface area is 180 Å². The van der Waals surface area contributed by atoms with E-state index in [-0.39, 0.29) is 16.4 Å². The third kappa shape index (κ3) is 4.83. The normalized spacial score (nSPS) is 10.8. The molecule has 3 N–H and O–H groups in total. The van der Waals surface area contributed by atoms with Gasteiger partial charge in [0, 0.05) is 17.6 Å². The lowest BCUT2D eigenvalue weighted by atomic mass is 10.0. The van der Waals surface area contributed by atoms with Crippen molar-refractivity contribution in [2.75, 3.05) is 5.32 Å². The molecule has 0 atom stereocenters. The van der Waals surface area contributed by atoms with Crippen LogP contribution in [0.15, 0.2) is 53.3 Å². The van der Waals surface area contributed by atoms with Crippen LogP contribution in [0.4, 0.5) is 5.69 Å². The highest BCUT2D eigenvalue weighted by Gasteiger charge is 2.16. The number of rotatable bonds is 5. The van der Waals surface area contributed by atoms with Gasteiger partial charge in [-0.2, -0.15) is 5.10 Å². The van der Waals surface area contributed by atoms with Gasteiger partial charge in [-0.1, -0.05) is 51.1 Å². The highest BCUT2D eigenvalue weighted by molar-refractivity contribution is 7.80. The fourth-order valence-electron chi connectivity index (χ4n) is 3.05. The average Bonchev–Trinajstić information content (AvgIpc) is 2.74. The maximum Gasteiger partial charge on any atom is 0.290 e. The Morgan fingerprint density at radius 3 is 2.37 bits per heavy atom. The summed E-state index contributed by atoms with van der Waals surface area (Å²) in [5.41, 5.74) is 7.24. The number of aromatic nitrogens is 2. The number of carbonyl (C=O) groups excluding carboxylic acids is 1. The van der Waals surface area contributed by atoms with Crippen LogP contribution < -0.4 is 21.7 Å². The average molecular weight is 424 g/mol. The van der Waals surface area contributed by atoms with Crippen LogP contribution >= 0.6 is 12.2 Å². The Bertz CT molecular complexity index is 1120. The van der Waals surface area contributed by atoms with Crippen LogP contribution in [-0.2, 0) is 6.54 Å². The SMILES string of the molecule is CCCn1nc(C(=O)NNC(=S)Nc2ccc(C(C)C)cc2)c2ccccc2c1=O. The first-order valence-corrected chi connectivity index (χ1v) is 10.3. The fraction of sp³-hybridized carbons (Fsp3) is 0.273. The van der Waals surface area contributed by atoms with Crippen molar-refractivity contribution in [2.24, 2.45) is 0 Å². The van der Waals surface area contributed by atoms with Gasteiger partial charge in [-0.05, 0) is 48.3 Å². The second-order valence-electron chi connectivity index (χ2n) is 7.23. The van der Waals surface area contributed by atoms with Gasteiger partial charge in [-0.15, -0.1) is 0 Å². The van der Waals surface area contributed by atoms with Crippen LogP contribution in [0.2, 0.25) is 0 Å². The van der Waals surface area contributed by atoms with E-state index in [0.717, 1.165) is 12.1 Å². The summed E-state index contributed by atoms with van der Waals surface area (Å²) in [4.78, 5) is 25.3. The quantitative estimate of drug-likeness (QED) is 0.430. The highest BCUT2D eigenvalue weighted by Crippen LogP contribution is 2.17. The van der Waals surface area contributed by atoms with Crippen molar-refractivity contribution in [2.45, 2.75) is 39.7 Å². The Morgan fingerprint density at radius 1 is 1.07 bits per heavy atom. The number of nitrogens with zero attached hydrogens (tertiary/aromatic N) is 2.